The number of nitro groups is 1. The van der Waals surface area contributed by atoms with Crippen LogP contribution in [0.2, 0.25) is 5.02 Å². The Morgan fingerprint density at radius 2 is 2.05 bits per heavy atom. The molecule has 2 rings (SSSR count). The molecule has 1 aromatic carbocycles. The van der Waals surface area contributed by atoms with Gasteiger partial charge in [0.15, 0.2) is 0 Å². The van der Waals surface area contributed by atoms with E-state index in [1.807, 2.05) is 0 Å². The summed E-state index contributed by atoms with van der Waals surface area (Å²) in [5, 5.41) is 11.2. The molecule has 1 heterocycles. The standard InChI is InChI=1S/C13H10ClN3O3/c1-9(18)16(12-5-3-2-4-11(12)14)13-8-10(17(19)20)6-7-15-13/h2-8H,1H3. The number of carbonyl (C=O) groups excluding carboxylic acids is 1. The largest absolute Gasteiger partial charge is 0.274 e. The molecule has 7 heteroatoms. The molecule has 6 nitrogen and oxygen atoms in total. The van der Waals surface area contributed by atoms with E-state index in [2.05, 4.69) is 4.98 Å². The first-order valence-corrected chi connectivity index (χ1v) is 6.04. The highest BCUT2D eigenvalue weighted by molar-refractivity contribution is 6.34. The van der Waals surface area contributed by atoms with Crippen molar-refractivity contribution in [2.75, 3.05) is 4.90 Å². The third-order valence-electron chi connectivity index (χ3n) is 2.58. The molecule has 0 aliphatic heterocycles. The zero-order valence-electron chi connectivity index (χ0n) is 10.5. The van der Waals surface area contributed by atoms with Crippen LogP contribution >= 0.6 is 11.6 Å². The summed E-state index contributed by atoms with van der Waals surface area (Å²) in [6.07, 6.45) is 1.28. The summed E-state index contributed by atoms with van der Waals surface area (Å²) in [4.78, 5) is 27.3. The molecule has 0 spiro atoms. The SMILES string of the molecule is CC(=O)N(c1cc([N+](=O)[O-])ccn1)c1ccccc1Cl. The number of halogens is 1. The summed E-state index contributed by atoms with van der Waals surface area (Å²) in [5.74, 6) is -0.189. The third kappa shape index (κ3) is 2.75. The number of amides is 1. The van der Waals surface area contributed by atoms with Crippen molar-refractivity contribution in [2.24, 2.45) is 0 Å². The molecule has 20 heavy (non-hydrogen) atoms. The Morgan fingerprint density at radius 1 is 1.35 bits per heavy atom. The first-order valence-electron chi connectivity index (χ1n) is 5.66. The molecule has 0 aliphatic rings. The van der Waals surface area contributed by atoms with E-state index >= 15 is 0 Å². The van der Waals surface area contributed by atoms with Gasteiger partial charge in [-0.25, -0.2) is 4.98 Å². The van der Waals surface area contributed by atoms with Crippen LogP contribution < -0.4 is 4.90 Å². The summed E-state index contributed by atoms with van der Waals surface area (Å²) in [6, 6.07) is 9.20. The summed E-state index contributed by atoms with van der Waals surface area (Å²) in [7, 11) is 0. The fourth-order valence-electron chi connectivity index (χ4n) is 1.73. The van der Waals surface area contributed by atoms with Gasteiger partial charge in [0.25, 0.3) is 5.69 Å². The smallest absolute Gasteiger partial charge is 0.274 e. The zero-order valence-corrected chi connectivity index (χ0v) is 11.2. The van der Waals surface area contributed by atoms with Crippen molar-refractivity contribution >= 4 is 34.7 Å². The lowest BCUT2D eigenvalue weighted by Gasteiger charge is -2.20. The van der Waals surface area contributed by atoms with Gasteiger partial charge in [-0.3, -0.25) is 19.8 Å². The quantitative estimate of drug-likeness (QED) is 0.642. The van der Waals surface area contributed by atoms with Crippen LogP contribution in [0.15, 0.2) is 42.6 Å². The number of carbonyl (C=O) groups is 1. The van der Waals surface area contributed by atoms with Gasteiger partial charge in [-0.1, -0.05) is 23.7 Å². The first kappa shape index (κ1) is 14.0. The Bertz CT molecular complexity index is 675. The second kappa shape index (κ2) is 5.66. The highest BCUT2D eigenvalue weighted by Gasteiger charge is 2.20. The highest BCUT2D eigenvalue weighted by atomic mass is 35.5. The monoisotopic (exact) mass is 291 g/mol. The summed E-state index contributed by atoms with van der Waals surface area (Å²) >= 11 is 6.06. The molecule has 1 aromatic heterocycles. The van der Waals surface area contributed by atoms with E-state index in [9.17, 15) is 14.9 Å². The van der Waals surface area contributed by atoms with Crippen LogP contribution in [-0.2, 0) is 4.79 Å². The van der Waals surface area contributed by atoms with Gasteiger partial charge in [0.2, 0.25) is 5.91 Å². The number of rotatable bonds is 3. The predicted molar refractivity (Wildman–Crippen MR) is 75.2 cm³/mol. The van der Waals surface area contributed by atoms with Crippen LogP contribution in [0.1, 0.15) is 6.92 Å². The minimum atomic E-state index is -0.546. The number of pyridine rings is 1. The summed E-state index contributed by atoms with van der Waals surface area (Å²) < 4.78 is 0. The maximum atomic E-state index is 11.8. The van der Waals surface area contributed by atoms with Gasteiger partial charge in [0, 0.05) is 19.2 Å². The maximum Gasteiger partial charge on any atom is 0.274 e. The van der Waals surface area contributed by atoms with Gasteiger partial charge in [-0.15, -0.1) is 0 Å². The lowest BCUT2D eigenvalue weighted by molar-refractivity contribution is -0.384. The van der Waals surface area contributed by atoms with Crippen molar-refractivity contribution in [1.29, 1.82) is 0 Å². The molecule has 0 bridgehead atoms. The lowest BCUT2D eigenvalue weighted by Crippen LogP contribution is -2.24. The van der Waals surface area contributed by atoms with Crippen molar-refractivity contribution in [1.82, 2.24) is 4.98 Å². The van der Waals surface area contributed by atoms with Gasteiger partial charge in [-0.2, -0.15) is 0 Å². The molecule has 2 aromatic rings. The summed E-state index contributed by atoms with van der Waals surface area (Å²) in [5.41, 5.74) is 0.281. The predicted octanol–water partition coefficient (Wildman–Crippen LogP) is 3.33. The Hall–Kier alpha value is -2.47. The maximum absolute atomic E-state index is 11.8. The molecule has 0 saturated heterocycles. The first-order chi connectivity index (χ1) is 9.50. The topological polar surface area (TPSA) is 76.3 Å². The molecule has 0 unspecified atom stereocenters. The number of para-hydroxylation sites is 1. The molecule has 0 N–H and O–H groups in total. The molecule has 102 valence electrons. The van der Waals surface area contributed by atoms with Gasteiger partial charge >= 0.3 is 0 Å². The second-order valence-corrected chi connectivity index (χ2v) is 4.34. The number of hydrogen-bond donors (Lipinski definition) is 0. The van der Waals surface area contributed by atoms with Crippen LogP contribution in [0.25, 0.3) is 0 Å². The van der Waals surface area contributed by atoms with E-state index in [0.29, 0.717) is 10.7 Å². The molecule has 0 atom stereocenters. The fourth-order valence-corrected chi connectivity index (χ4v) is 1.95. The number of hydrogen-bond acceptors (Lipinski definition) is 4. The van der Waals surface area contributed by atoms with E-state index in [4.69, 9.17) is 11.6 Å². The Morgan fingerprint density at radius 3 is 2.65 bits per heavy atom. The van der Waals surface area contributed by atoms with Gasteiger partial charge < -0.3 is 0 Å². The number of anilines is 2. The van der Waals surface area contributed by atoms with E-state index in [1.165, 1.54) is 30.2 Å². The summed E-state index contributed by atoms with van der Waals surface area (Å²) in [6.45, 7) is 1.34. The zero-order chi connectivity index (χ0) is 14.7. The van der Waals surface area contributed by atoms with Crippen LogP contribution in [0.4, 0.5) is 17.2 Å². The van der Waals surface area contributed by atoms with Crippen molar-refractivity contribution in [3.63, 3.8) is 0 Å². The normalized spacial score (nSPS) is 10.1. The molecular weight excluding hydrogens is 282 g/mol. The van der Waals surface area contributed by atoms with Crippen molar-refractivity contribution < 1.29 is 9.72 Å². The van der Waals surface area contributed by atoms with E-state index < -0.39 is 4.92 Å². The lowest BCUT2D eigenvalue weighted by atomic mass is 10.2. The molecule has 0 aliphatic carbocycles. The fraction of sp³-hybridized carbons (Fsp3) is 0.0769. The number of aromatic nitrogens is 1. The van der Waals surface area contributed by atoms with Crippen molar-refractivity contribution in [3.05, 3.63) is 57.7 Å². The van der Waals surface area contributed by atoms with Crippen molar-refractivity contribution in [3.8, 4) is 0 Å². The van der Waals surface area contributed by atoms with E-state index in [0.717, 1.165) is 0 Å². The van der Waals surface area contributed by atoms with Gasteiger partial charge in [0.1, 0.15) is 5.82 Å². The Labute approximate surface area is 119 Å². The van der Waals surface area contributed by atoms with Gasteiger partial charge in [-0.05, 0) is 12.1 Å². The highest BCUT2D eigenvalue weighted by Crippen LogP contribution is 2.31. The molecule has 0 saturated carbocycles. The van der Waals surface area contributed by atoms with Crippen molar-refractivity contribution in [2.45, 2.75) is 6.92 Å². The third-order valence-corrected chi connectivity index (χ3v) is 2.90. The average molecular weight is 292 g/mol. The van der Waals surface area contributed by atoms with Crippen LogP contribution in [0, 0.1) is 10.1 Å². The molecular formula is C13H10ClN3O3. The Kier molecular flexibility index (Phi) is 3.95. The second-order valence-electron chi connectivity index (χ2n) is 3.94. The molecule has 1 amide bonds. The van der Waals surface area contributed by atoms with Crippen LogP contribution in [-0.4, -0.2) is 15.8 Å². The average Bonchev–Trinajstić information content (AvgIpc) is 2.41. The van der Waals surface area contributed by atoms with Crippen LogP contribution in [0.5, 0.6) is 0 Å². The van der Waals surface area contributed by atoms with E-state index in [-0.39, 0.29) is 17.4 Å². The van der Waals surface area contributed by atoms with Crippen LogP contribution in [0.3, 0.4) is 0 Å². The molecule has 0 fully saturated rings. The number of benzene rings is 1. The minimum Gasteiger partial charge on any atom is -0.274 e. The van der Waals surface area contributed by atoms with E-state index in [1.54, 1.807) is 24.3 Å². The Balaban J connectivity index is 2.55. The minimum absolute atomic E-state index is 0.145. The van der Waals surface area contributed by atoms with Gasteiger partial charge in [0.05, 0.1) is 21.7 Å². The molecule has 0 radical (unpaired) electrons. The number of nitrogens with zero attached hydrogens (tertiary/aromatic N) is 3.